The fourth-order valence-electron chi connectivity index (χ4n) is 1.89. The van der Waals surface area contributed by atoms with Crippen molar-refractivity contribution in [3.05, 3.63) is 28.8 Å². The monoisotopic (exact) mass is 332 g/mol. The van der Waals surface area contributed by atoms with E-state index < -0.39 is 10.0 Å². The maximum absolute atomic E-state index is 12.1. The highest BCUT2D eigenvalue weighted by molar-refractivity contribution is 7.92. The molecule has 1 N–H and O–H groups in total. The van der Waals surface area contributed by atoms with Gasteiger partial charge in [0, 0.05) is 18.7 Å². The summed E-state index contributed by atoms with van der Waals surface area (Å²) in [5, 5.41) is 3.15. The SMILES string of the molecule is CCC[C@@H](C)NC(=O)c1ccc(Cl)c(N(C)S(C)(=O)=O)c1. The molecule has 0 saturated heterocycles. The van der Waals surface area contributed by atoms with E-state index in [1.165, 1.54) is 19.2 Å². The van der Waals surface area contributed by atoms with Crippen LogP contribution in [0.5, 0.6) is 0 Å². The lowest BCUT2D eigenvalue weighted by molar-refractivity contribution is 0.0938. The Balaban J connectivity index is 3.04. The summed E-state index contributed by atoms with van der Waals surface area (Å²) in [5.41, 5.74) is 0.669. The van der Waals surface area contributed by atoms with Crippen LogP contribution in [0.15, 0.2) is 18.2 Å². The first-order valence-corrected chi connectivity index (χ1v) is 8.93. The third-order valence-electron chi connectivity index (χ3n) is 3.14. The first-order chi connectivity index (χ1) is 9.66. The topological polar surface area (TPSA) is 66.5 Å². The van der Waals surface area contributed by atoms with Crippen molar-refractivity contribution < 1.29 is 13.2 Å². The van der Waals surface area contributed by atoms with E-state index in [0.717, 1.165) is 23.4 Å². The molecule has 0 radical (unpaired) electrons. The van der Waals surface area contributed by atoms with Gasteiger partial charge in [-0.2, -0.15) is 0 Å². The van der Waals surface area contributed by atoms with Gasteiger partial charge in [-0.3, -0.25) is 9.10 Å². The number of carbonyl (C=O) groups is 1. The van der Waals surface area contributed by atoms with Crippen LogP contribution in [-0.2, 0) is 10.0 Å². The van der Waals surface area contributed by atoms with E-state index >= 15 is 0 Å². The maximum atomic E-state index is 12.1. The average molecular weight is 333 g/mol. The van der Waals surface area contributed by atoms with Gasteiger partial charge in [0.15, 0.2) is 0 Å². The molecular formula is C14H21ClN2O3S. The van der Waals surface area contributed by atoms with E-state index in [1.807, 2.05) is 13.8 Å². The third kappa shape index (κ3) is 4.89. The minimum absolute atomic E-state index is 0.0641. The zero-order valence-electron chi connectivity index (χ0n) is 12.7. The van der Waals surface area contributed by atoms with Crippen LogP contribution in [0.2, 0.25) is 5.02 Å². The first kappa shape index (κ1) is 17.8. The predicted octanol–water partition coefficient (Wildman–Crippen LogP) is 2.65. The van der Waals surface area contributed by atoms with Gasteiger partial charge in [-0.1, -0.05) is 24.9 Å². The molecule has 1 atom stereocenters. The molecule has 118 valence electrons. The van der Waals surface area contributed by atoms with Crippen LogP contribution in [0.1, 0.15) is 37.0 Å². The molecule has 0 unspecified atom stereocenters. The Bertz CT molecular complexity index is 617. The van der Waals surface area contributed by atoms with Crippen LogP contribution in [0.3, 0.4) is 0 Å². The van der Waals surface area contributed by atoms with Crippen LogP contribution >= 0.6 is 11.6 Å². The highest BCUT2D eigenvalue weighted by Crippen LogP contribution is 2.27. The first-order valence-electron chi connectivity index (χ1n) is 6.71. The Morgan fingerprint density at radius 1 is 1.43 bits per heavy atom. The fraction of sp³-hybridized carbons (Fsp3) is 0.500. The van der Waals surface area contributed by atoms with Crippen molar-refractivity contribution in [1.82, 2.24) is 5.32 Å². The van der Waals surface area contributed by atoms with Crippen LogP contribution in [0, 0.1) is 0 Å². The number of sulfonamides is 1. The second-order valence-corrected chi connectivity index (χ2v) is 7.48. The number of hydrogen-bond acceptors (Lipinski definition) is 3. The van der Waals surface area contributed by atoms with E-state index in [2.05, 4.69) is 5.32 Å². The largest absolute Gasteiger partial charge is 0.350 e. The van der Waals surface area contributed by atoms with Gasteiger partial charge in [0.05, 0.1) is 17.0 Å². The molecule has 0 spiro atoms. The van der Waals surface area contributed by atoms with Gasteiger partial charge >= 0.3 is 0 Å². The Morgan fingerprint density at radius 2 is 2.05 bits per heavy atom. The summed E-state index contributed by atoms with van der Waals surface area (Å²) < 4.78 is 24.2. The van der Waals surface area contributed by atoms with Crippen molar-refractivity contribution >= 4 is 33.2 Å². The molecule has 0 bridgehead atoms. The lowest BCUT2D eigenvalue weighted by Gasteiger charge is -2.19. The molecule has 0 heterocycles. The van der Waals surface area contributed by atoms with Crippen molar-refractivity contribution in [3.8, 4) is 0 Å². The Hall–Kier alpha value is -1.27. The smallest absolute Gasteiger partial charge is 0.251 e. The molecule has 1 amide bonds. The van der Waals surface area contributed by atoms with Gasteiger partial charge in [0.1, 0.15) is 0 Å². The summed E-state index contributed by atoms with van der Waals surface area (Å²) >= 11 is 6.02. The zero-order chi connectivity index (χ0) is 16.2. The van der Waals surface area contributed by atoms with E-state index in [4.69, 9.17) is 11.6 Å². The predicted molar refractivity (Wildman–Crippen MR) is 86.5 cm³/mol. The number of nitrogens with zero attached hydrogens (tertiary/aromatic N) is 1. The van der Waals surface area contributed by atoms with Crippen LogP contribution in [0.25, 0.3) is 0 Å². The van der Waals surface area contributed by atoms with Gasteiger partial charge in [0.25, 0.3) is 5.91 Å². The number of hydrogen-bond donors (Lipinski definition) is 1. The second-order valence-electron chi connectivity index (χ2n) is 5.06. The van der Waals surface area contributed by atoms with E-state index in [-0.39, 0.29) is 22.7 Å². The van der Waals surface area contributed by atoms with Gasteiger partial charge in [-0.25, -0.2) is 8.42 Å². The molecule has 0 aromatic heterocycles. The van der Waals surface area contributed by atoms with Crippen molar-refractivity contribution in [2.75, 3.05) is 17.6 Å². The van der Waals surface area contributed by atoms with E-state index in [9.17, 15) is 13.2 Å². The number of amides is 1. The summed E-state index contributed by atoms with van der Waals surface area (Å²) in [6.07, 6.45) is 2.94. The van der Waals surface area contributed by atoms with E-state index in [1.54, 1.807) is 6.07 Å². The number of halogens is 1. The minimum atomic E-state index is -3.44. The minimum Gasteiger partial charge on any atom is -0.350 e. The fourth-order valence-corrected chi connectivity index (χ4v) is 2.69. The molecule has 1 rings (SSSR count). The normalized spacial score (nSPS) is 12.8. The van der Waals surface area contributed by atoms with Gasteiger partial charge in [-0.05, 0) is 31.5 Å². The lowest BCUT2D eigenvalue weighted by atomic mass is 10.1. The number of nitrogens with one attached hydrogen (secondary N) is 1. The quantitative estimate of drug-likeness (QED) is 0.870. The molecule has 21 heavy (non-hydrogen) atoms. The Morgan fingerprint density at radius 3 is 2.57 bits per heavy atom. The number of rotatable bonds is 6. The van der Waals surface area contributed by atoms with Gasteiger partial charge < -0.3 is 5.32 Å². The number of carbonyl (C=O) groups excluding carboxylic acids is 1. The average Bonchev–Trinajstić information content (AvgIpc) is 2.37. The van der Waals surface area contributed by atoms with Crippen LogP contribution in [0.4, 0.5) is 5.69 Å². The van der Waals surface area contributed by atoms with Crippen molar-refractivity contribution in [2.24, 2.45) is 0 Å². The Labute approximate surface area is 131 Å². The van der Waals surface area contributed by atoms with Gasteiger partial charge in [0.2, 0.25) is 10.0 Å². The number of benzene rings is 1. The molecule has 0 saturated carbocycles. The zero-order valence-corrected chi connectivity index (χ0v) is 14.3. The van der Waals surface area contributed by atoms with Crippen molar-refractivity contribution in [2.45, 2.75) is 32.7 Å². The summed E-state index contributed by atoms with van der Waals surface area (Å²) in [6.45, 7) is 3.98. The summed E-state index contributed by atoms with van der Waals surface area (Å²) in [4.78, 5) is 12.1. The molecule has 1 aromatic rings. The summed E-state index contributed by atoms with van der Waals surface area (Å²) in [7, 11) is -2.03. The van der Waals surface area contributed by atoms with Crippen LogP contribution < -0.4 is 9.62 Å². The molecule has 0 aliphatic carbocycles. The maximum Gasteiger partial charge on any atom is 0.251 e. The standard InChI is InChI=1S/C14H21ClN2O3S/c1-5-6-10(2)16-14(18)11-7-8-12(15)13(9-11)17(3)21(4,19)20/h7-10H,5-6H2,1-4H3,(H,16,18)/t10-/m1/s1. The highest BCUT2D eigenvalue weighted by Gasteiger charge is 2.18. The molecule has 0 aliphatic heterocycles. The Kier molecular flexibility index (Phi) is 6.04. The van der Waals surface area contributed by atoms with E-state index in [0.29, 0.717) is 5.56 Å². The van der Waals surface area contributed by atoms with Crippen molar-refractivity contribution in [3.63, 3.8) is 0 Å². The molecule has 0 fully saturated rings. The molecule has 1 aromatic carbocycles. The third-order valence-corrected chi connectivity index (χ3v) is 4.66. The summed E-state index contributed by atoms with van der Waals surface area (Å²) in [6, 6.07) is 4.65. The molecule has 0 aliphatic rings. The second kappa shape index (κ2) is 7.13. The van der Waals surface area contributed by atoms with Crippen LogP contribution in [-0.4, -0.2) is 33.7 Å². The van der Waals surface area contributed by atoms with Gasteiger partial charge in [-0.15, -0.1) is 0 Å². The van der Waals surface area contributed by atoms with Crippen molar-refractivity contribution in [1.29, 1.82) is 0 Å². The molecule has 5 nitrogen and oxygen atoms in total. The number of anilines is 1. The molecular weight excluding hydrogens is 312 g/mol. The molecule has 7 heteroatoms. The summed E-state index contributed by atoms with van der Waals surface area (Å²) in [5.74, 6) is -0.240. The highest BCUT2D eigenvalue weighted by atomic mass is 35.5. The lowest BCUT2D eigenvalue weighted by Crippen LogP contribution is -2.32.